The molecule has 2 heterocycles. The maximum atomic E-state index is 14.3. The van der Waals surface area contributed by atoms with Crippen molar-refractivity contribution in [1.82, 2.24) is 9.55 Å². The van der Waals surface area contributed by atoms with Gasteiger partial charge in [-0.3, -0.25) is 14.3 Å². The molecule has 0 aliphatic carbocycles. The lowest BCUT2D eigenvalue weighted by atomic mass is 9.98. The topological polar surface area (TPSA) is 105 Å². The van der Waals surface area contributed by atoms with Crippen LogP contribution in [0, 0.1) is 0 Å². The summed E-state index contributed by atoms with van der Waals surface area (Å²) in [6.45, 7) is 0.491. The molecule has 0 unspecified atom stereocenters. The van der Waals surface area contributed by atoms with Crippen molar-refractivity contribution in [3.8, 4) is 0 Å². The van der Waals surface area contributed by atoms with Crippen molar-refractivity contribution >= 4 is 0 Å². The minimum absolute atomic E-state index is 0.574. The Balaban J connectivity index is 2.45. The molecule has 2 rings (SSSR count). The molecule has 1 aromatic heterocycles. The number of aromatic amines is 1. The van der Waals surface area contributed by atoms with Crippen LogP contribution in [0.5, 0.6) is 0 Å². The molecule has 0 spiro atoms. The number of nitrogens with one attached hydrogen (secondary N) is 1. The van der Waals surface area contributed by atoms with Gasteiger partial charge in [0.05, 0.1) is 6.61 Å². The molecular weight excluding hydrogens is 247 g/mol. The average Bonchev–Trinajstić information content (AvgIpc) is 2.52. The third kappa shape index (κ3) is 1.88. The summed E-state index contributed by atoms with van der Waals surface area (Å²) in [4.78, 5) is 24.4. The Morgan fingerprint density at radius 2 is 2.28 bits per heavy atom. The van der Waals surface area contributed by atoms with Crippen LogP contribution in [0.4, 0.5) is 4.39 Å². The highest BCUT2D eigenvalue weighted by Crippen LogP contribution is 2.40. The monoisotopic (exact) mass is 260 g/mol. The van der Waals surface area contributed by atoms with Crippen LogP contribution in [-0.4, -0.2) is 44.2 Å². The van der Waals surface area contributed by atoms with Gasteiger partial charge in [0.2, 0.25) is 0 Å². The Bertz CT molecular complexity index is 552. The average molecular weight is 260 g/mol. The number of alkyl halides is 1. The van der Waals surface area contributed by atoms with Gasteiger partial charge < -0.3 is 14.9 Å². The van der Waals surface area contributed by atoms with Gasteiger partial charge in [-0.25, -0.2) is 9.18 Å². The van der Waals surface area contributed by atoms with Crippen LogP contribution in [0.1, 0.15) is 13.2 Å². The number of hydrogen-bond donors (Lipinski definition) is 3. The highest BCUT2D eigenvalue weighted by atomic mass is 19.1. The van der Waals surface area contributed by atoms with Gasteiger partial charge in [0.15, 0.2) is 11.9 Å². The minimum atomic E-state index is -2.25. The minimum Gasteiger partial charge on any atom is -0.394 e. The van der Waals surface area contributed by atoms with E-state index in [1.165, 1.54) is 0 Å². The summed E-state index contributed by atoms with van der Waals surface area (Å²) in [7, 11) is 0. The summed E-state index contributed by atoms with van der Waals surface area (Å²) in [5.74, 6) is 0. The van der Waals surface area contributed by atoms with E-state index in [9.17, 15) is 19.1 Å². The van der Waals surface area contributed by atoms with Crippen LogP contribution in [0.15, 0.2) is 21.9 Å². The lowest BCUT2D eigenvalue weighted by Gasteiger charge is -2.24. The summed E-state index contributed by atoms with van der Waals surface area (Å²) in [6.07, 6.45) is -3.01. The fourth-order valence-corrected chi connectivity index (χ4v) is 1.97. The predicted molar refractivity (Wildman–Crippen MR) is 57.8 cm³/mol. The molecule has 18 heavy (non-hydrogen) atoms. The van der Waals surface area contributed by atoms with E-state index in [1.807, 2.05) is 4.98 Å². The van der Waals surface area contributed by atoms with E-state index < -0.39 is 42.0 Å². The number of aliphatic hydroxyl groups excluding tert-OH is 2. The summed E-state index contributed by atoms with van der Waals surface area (Å²) in [5, 5.41) is 18.6. The molecule has 1 saturated heterocycles. The van der Waals surface area contributed by atoms with E-state index >= 15 is 0 Å². The molecular formula is C10H13FN2O5. The maximum absolute atomic E-state index is 14.3. The van der Waals surface area contributed by atoms with Gasteiger partial charge in [0.1, 0.15) is 12.2 Å². The first-order chi connectivity index (χ1) is 8.37. The second kappa shape index (κ2) is 4.30. The van der Waals surface area contributed by atoms with Crippen molar-refractivity contribution in [3.05, 3.63) is 33.1 Å². The van der Waals surface area contributed by atoms with Crippen LogP contribution in [0.2, 0.25) is 0 Å². The highest BCUT2D eigenvalue weighted by Gasteiger charge is 2.54. The maximum Gasteiger partial charge on any atom is 0.330 e. The number of aliphatic hydroxyl groups is 2. The summed E-state index contributed by atoms with van der Waals surface area (Å²) in [6, 6.07) is 1.04. The molecule has 3 N–H and O–H groups in total. The molecule has 1 aliphatic rings. The molecule has 0 aromatic carbocycles. The van der Waals surface area contributed by atoms with Crippen molar-refractivity contribution in [3.63, 3.8) is 0 Å². The van der Waals surface area contributed by atoms with E-state index in [1.54, 1.807) is 0 Å². The molecule has 0 radical (unpaired) electrons. The first kappa shape index (κ1) is 12.9. The van der Waals surface area contributed by atoms with Crippen LogP contribution >= 0.6 is 0 Å². The highest BCUT2D eigenvalue weighted by molar-refractivity contribution is 5.01. The second-order valence-electron chi connectivity index (χ2n) is 4.32. The second-order valence-corrected chi connectivity index (χ2v) is 4.32. The van der Waals surface area contributed by atoms with Crippen molar-refractivity contribution < 1.29 is 19.3 Å². The van der Waals surface area contributed by atoms with E-state index in [0.717, 1.165) is 23.8 Å². The first-order valence-corrected chi connectivity index (χ1v) is 5.32. The molecule has 4 atom stereocenters. The molecule has 0 saturated carbocycles. The molecule has 8 heteroatoms. The SMILES string of the molecule is C[C@]1(F)[C@@H](O)[C@H](CO)O[C@H]1n1ccc(=O)[nH]c1=O. The van der Waals surface area contributed by atoms with Crippen LogP contribution in [0.25, 0.3) is 0 Å². The number of hydrogen-bond acceptors (Lipinski definition) is 5. The van der Waals surface area contributed by atoms with Gasteiger partial charge in [0, 0.05) is 12.3 Å². The molecule has 1 aromatic rings. The quantitative estimate of drug-likeness (QED) is 0.601. The Labute approximate surface area is 100 Å². The molecule has 0 amide bonds. The van der Waals surface area contributed by atoms with Gasteiger partial charge in [-0.2, -0.15) is 0 Å². The van der Waals surface area contributed by atoms with Crippen molar-refractivity contribution in [1.29, 1.82) is 0 Å². The van der Waals surface area contributed by atoms with Crippen molar-refractivity contribution in [2.24, 2.45) is 0 Å². The smallest absolute Gasteiger partial charge is 0.330 e. The number of nitrogens with zero attached hydrogens (tertiary/aromatic N) is 1. The zero-order valence-electron chi connectivity index (χ0n) is 9.54. The van der Waals surface area contributed by atoms with Crippen LogP contribution in [-0.2, 0) is 4.74 Å². The molecule has 1 fully saturated rings. The Morgan fingerprint density at radius 1 is 1.61 bits per heavy atom. The predicted octanol–water partition coefficient (Wildman–Crippen LogP) is -1.48. The van der Waals surface area contributed by atoms with Crippen LogP contribution in [0.3, 0.4) is 0 Å². The van der Waals surface area contributed by atoms with E-state index in [2.05, 4.69) is 0 Å². The van der Waals surface area contributed by atoms with Crippen molar-refractivity contribution in [2.45, 2.75) is 31.0 Å². The summed E-state index contributed by atoms with van der Waals surface area (Å²) >= 11 is 0. The standard InChI is InChI=1S/C10H13FN2O5/c1-10(11)7(16)5(4-14)18-8(10)13-3-2-6(15)12-9(13)17/h2-3,5,7-8,14,16H,4H2,1H3,(H,12,15,17)/t5-,7-,8+,10-/m0/s1. The largest absolute Gasteiger partial charge is 0.394 e. The molecule has 0 bridgehead atoms. The molecule has 1 aliphatic heterocycles. The third-order valence-electron chi connectivity index (χ3n) is 3.00. The number of aromatic nitrogens is 2. The number of halogens is 1. The zero-order valence-corrected chi connectivity index (χ0v) is 9.54. The fourth-order valence-electron chi connectivity index (χ4n) is 1.97. The van der Waals surface area contributed by atoms with Gasteiger partial charge in [-0.15, -0.1) is 0 Å². The Hall–Kier alpha value is -1.51. The van der Waals surface area contributed by atoms with E-state index in [4.69, 9.17) is 9.84 Å². The summed E-state index contributed by atoms with van der Waals surface area (Å²) in [5.41, 5.74) is -3.72. The molecule has 7 nitrogen and oxygen atoms in total. The lowest BCUT2D eigenvalue weighted by molar-refractivity contribution is -0.0611. The molecule has 100 valence electrons. The lowest BCUT2D eigenvalue weighted by Crippen LogP contribution is -2.43. The number of ether oxygens (including phenoxy) is 1. The van der Waals surface area contributed by atoms with E-state index in [-0.39, 0.29) is 0 Å². The first-order valence-electron chi connectivity index (χ1n) is 5.32. The van der Waals surface area contributed by atoms with Crippen LogP contribution < -0.4 is 11.2 Å². The van der Waals surface area contributed by atoms with Gasteiger partial charge in [0.25, 0.3) is 5.56 Å². The number of H-pyrrole nitrogens is 1. The fraction of sp³-hybridized carbons (Fsp3) is 0.600. The number of rotatable bonds is 2. The van der Waals surface area contributed by atoms with Gasteiger partial charge in [-0.1, -0.05) is 0 Å². The van der Waals surface area contributed by atoms with E-state index in [0.29, 0.717) is 0 Å². The normalized spacial score (nSPS) is 35.9. The summed E-state index contributed by atoms with van der Waals surface area (Å²) < 4.78 is 20.3. The Kier molecular flexibility index (Phi) is 3.09. The van der Waals surface area contributed by atoms with Crippen molar-refractivity contribution in [2.75, 3.05) is 6.61 Å². The Morgan fingerprint density at radius 3 is 2.78 bits per heavy atom. The zero-order chi connectivity index (χ0) is 13.5. The third-order valence-corrected chi connectivity index (χ3v) is 3.00. The van der Waals surface area contributed by atoms with Gasteiger partial charge in [-0.05, 0) is 6.92 Å². The van der Waals surface area contributed by atoms with Gasteiger partial charge >= 0.3 is 5.69 Å².